The zero-order valence-electron chi connectivity index (χ0n) is 17.3. The zero-order chi connectivity index (χ0) is 20.6. The minimum absolute atomic E-state index is 0.111. The SMILES string of the molecule is CC(C)CCOC(C)C(=O)NCc1cn(-c2ccccc2)nc1-c1ccccc1. The number of amides is 1. The molecule has 0 aliphatic carbocycles. The third-order valence-electron chi connectivity index (χ3n) is 4.74. The van der Waals surface area contributed by atoms with Crippen molar-refractivity contribution < 1.29 is 9.53 Å². The summed E-state index contributed by atoms with van der Waals surface area (Å²) in [5, 5.41) is 7.77. The molecule has 1 unspecified atom stereocenters. The summed E-state index contributed by atoms with van der Waals surface area (Å²) >= 11 is 0. The number of nitrogens with one attached hydrogen (secondary N) is 1. The average Bonchev–Trinajstić information content (AvgIpc) is 3.17. The minimum Gasteiger partial charge on any atom is -0.369 e. The van der Waals surface area contributed by atoms with Gasteiger partial charge >= 0.3 is 0 Å². The molecule has 0 bridgehead atoms. The molecule has 0 saturated carbocycles. The number of rotatable bonds is 9. The lowest BCUT2D eigenvalue weighted by molar-refractivity contribution is -0.132. The van der Waals surface area contributed by atoms with E-state index in [4.69, 9.17) is 9.84 Å². The third kappa shape index (κ3) is 5.78. The van der Waals surface area contributed by atoms with E-state index in [1.54, 1.807) is 6.92 Å². The van der Waals surface area contributed by atoms with Gasteiger partial charge in [-0.15, -0.1) is 0 Å². The molecule has 0 aliphatic heterocycles. The van der Waals surface area contributed by atoms with Crippen LogP contribution in [0, 0.1) is 5.92 Å². The van der Waals surface area contributed by atoms with Gasteiger partial charge in [0.2, 0.25) is 5.91 Å². The number of hydrogen-bond donors (Lipinski definition) is 1. The molecule has 1 atom stereocenters. The first kappa shape index (κ1) is 20.8. The number of aromatic nitrogens is 2. The molecule has 152 valence electrons. The second-order valence-electron chi connectivity index (χ2n) is 7.56. The highest BCUT2D eigenvalue weighted by Gasteiger charge is 2.16. The Morgan fingerprint density at radius 3 is 2.34 bits per heavy atom. The van der Waals surface area contributed by atoms with Crippen molar-refractivity contribution in [2.24, 2.45) is 5.92 Å². The van der Waals surface area contributed by atoms with Gasteiger partial charge in [-0.3, -0.25) is 4.79 Å². The largest absolute Gasteiger partial charge is 0.369 e. The number of carbonyl (C=O) groups is 1. The van der Waals surface area contributed by atoms with Crippen LogP contribution < -0.4 is 5.32 Å². The van der Waals surface area contributed by atoms with Crippen molar-refractivity contribution in [2.45, 2.75) is 39.8 Å². The fourth-order valence-electron chi connectivity index (χ4n) is 2.97. The van der Waals surface area contributed by atoms with E-state index < -0.39 is 6.10 Å². The monoisotopic (exact) mass is 391 g/mol. The van der Waals surface area contributed by atoms with Crippen LogP contribution in [0.15, 0.2) is 66.9 Å². The molecule has 5 heteroatoms. The number of carbonyl (C=O) groups excluding carboxylic acids is 1. The number of hydrogen-bond acceptors (Lipinski definition) is 3. The number of ether oxygens (including phenoxy) is 1. The lowest BCUT2D eigenvalue weighted by Gasteiger charge is -2.14. The van der Waals surface area contributed by atoms with Crippen molar-refractivity contribution in [3.8, 4) is 16.9 Å². The smallest absolute Gasteiger partial charge is 0.249 e. The predicted octanol–water partition coefficient (Wildman–Crippen LogP) is 4.61. The van der Waals surface area contributed by atoms with Gasteiger partial charge < -0.3 is 10.1 Å². The Bertz CT molecular complexity index is 904. The van der Waals surface area contributed by atoms with Gasteiger partial charge in [-0.25, -0.2) is 4.68 Å². The van der Waals surface area contributed by atoms with Crippen LogP contribution in [0.3, 0.4) is 0 Å². The molecule has 1 N–H and O–H groups in total. The number of para-hydroxylation sites is 1. The van der Waals surface area contributed by atoms with Crippen LogP contribution in [-0.4, -0.2) is 28.4 Å². The second-order valence-corrected chi connectivity index (χ2v) is 7.56. The summed E-state index contributed by atoms with van der Waals surface area (Å²) < 4.78 is 7.51. The summed E-state index contributed by atoms with van der Waals surface area (Å²) in [6.45, 7) is 7.07. The summed E-state index contributed by atoms with van der Waals surface area (Å²) in [6, 6.07) is 20.0. The van der Waals surface area contributed by atoms with Crippen LogP contribution in [0.4, 0.5) is 0 Å². The Morgan fingerprint density at radius 1 is 1.03 bits per heavy atom. The Morgan fingerprint density at radius 2 is 1.69 bits per heavy atom. The van der Waals surface area contributed by atoms with Gasteiger partial charge in [0.25, 0.3) is 0 Å². The predicted molar refractivity (Wildman–Crippen MR) is 116 cm³/mol. The van der Waals surface area contributed by atoms with E-state index in [9.17, 15) is 4.79 Å². The van der Waals surface area contributed by atoms with Crippen molar-refractivity contribution >= 4 is 5.91 Å². The maximum Gasteiger partial charge on any atom is 0.249 e. The van der Waals surface area contributed by atoms with Gasteiger partial charge in [-0.1, -0.05) is 62.4 Å². The Hall–Kier alpha value is -2.92. The van der Waals surface area contributed by atoms with E-state index in [2.05, 4.69) is 19.2 Å². The van der Waals surface area contributed by atoms with Crippen LogP contribution in [0.2, 0.25) is 0 Å². The summed E-state index contributed by atoms with van der Waals surface area (Å²) in [6.07, 6.45) is 2.44. The first-order valence-corrected chi connectivity index (χ1v) is 10.1. The van der Waals surface area contributed by atoms with Gasteiger partial charge in [0.05, 0.1) is 11.4 Å². The summed E-state index contributed by atoms with van der Waals surface area (Å²) in [4.78, 5) is 12.5. The average molecular weight is 392 g/mol. The van der Waals surface area contributed by atoms with Crippen LogP contribution in [0.5, 0.6) is 0 Å². The molecule has 0 aliphatic rings. The van der Waals surface area contributed by atoms with Crippen LogP contribution in [0.1, 0.15) is 32.8 Å². The van der Waals surface area contributed by atoms with Crippen molar-refractivity contribution in [3.05, 3.63) is 72.4 Å². The normalized spacial score (nSPS) is 12.1. The van der Waals surface area contributed by atoms with E-state index in [0.29, 0.717) is 19.1 Å². The Kier molecular flexibility index (Phi) is 7.19. The highest BCUT2D eigenvalue weighted by atomic mass is 16.5. The van der Waals surface area contributed by atoms with Crippen molar-refractivity contribution in [3.63, 3.8) is 0 Å². The van der Waals surface area contributed by atoms with Crippen LogP contribution in [0.25, 0.3) is 16.9 Å². The highest BCUT2D eigenvalue weighted by molar-refractivity contribution is 5.80. The molecule has 29 heavy (non-hydrogen) atoms. The van der Waals surface area contributed by atoms with E-state index >= 15 is 0 Å². The molecule has 0 spiro atoms. The summed E-state index contributed by atoms with van der Waals surface area (Å²) in [7, 11) is 0. The van der Waals surface area contributed by atoms with E-state index in [0.717, 1.165) is 28.9 Å². The Balaban J connectivity index is 1.74. The molecule has 0 radical (unpaired) electrons. The molecule has 1 aromatic heterocycles. The summed E-state index contributed by atoms with van der Waals surface area (Å²) in [5.41, 5.74) is 3.83. The highest BCUT2D eigenvalue weighted by Crippen LogP contribution is 2.23. The van der Waals surface area contributed by atoms with Gasteiger partial charge in [0.1, 0.15) is 6.10 Å². The van der Waals surface area contributed by atoms with E-state index in [1.807, 2.05) is 71.5 Å². The van der Waals surface area contributed by atoms with Gasteiger partial charge in [-0.05, 0) is 31.4 Å². The molecule has 0 fully saturated rings. The molecular formula is C24H29N3O2. The van der Waals surface area contributed by atoms with Crippen LogP contribution in [-0.2, 0) is 16.1 Å². The van der Waals surface area contributed by atoms with Gasteiger partial charge in [-0.2, -0.15) is 5.10 Å². The quantitative estimate of drug-likeness (QED) is 0.580. The molecule has 2 aromatic carbocycles. The second kappa shape index (κ2) is 10.0. The maximum atomic E-state index is 12.5. The first-order valence-electron chi connectivity index (χ1n) is 10.1. The minimum atomic E-state index is -0.474. The molecule has 1 heterocycles. The fourth-order valence-corrected chi connectivity index (χ4v) is 2.97. The van der Waals surface area contributed by atoms with Crippen molar-refractivity contribution in [1.29, 1.82) is 0 Å². The van der Waals surface area contributed by atoms with Crippen molar-refractivity contribution in [1.82, 2.24) is 15.1 Å². The van der Waals surface area contributed by atoms with Gasteiger partial charge in [0, 0.05) is 30.5 Å². The van der Waals surface area contributed by atoms with Crippen molar-refractivity contribution in [2.75, 3.05) is 6.61 Å². The molecule has 1 amide bonds. The lowest BCUT2D eigenvalue weighted by Crippen LogP contribution is -2.34. The first-order chi connectivity index (χ1) is 14.0. The lowest BCUT2D eigenvalue weighted by atomic mass is 10.1. The molecule has 0 saturated heterocycles. The molecular weight excluding hydrogens is 362 g/mol. The van der Waals surface area contributed by atoms with E-state index in [-0.39, 0.29) is 5.91 Å². The molecule has 5 nitrogen and oxygen atoms in total. The molecule has 3 aromatic rings. The molecule has 3 rings (SSSR count). The Labute approximate surface area is 172 Å². The topological polar surface area (TPSA) is 56.1 Å². The van der Waals surface area contributed by atoms with Crippen LogP contribution >= 0.6 is 0 Å². The maximum absolute atomic E-state index is 12.5. The number of benzene rings is 2. The van der Waals surface area contributed by atoms with Gasteiger partial charge in [0.15, 0.2) is 0 Å². The zero-order valence-corrected chi connectivity index (χ0v) is 17.3. The summed E-state index contributed by atoms with van der Waals surface area (Å²) in [5.74, 6) is 0.447. The third-order valence-corrected chi connectivity index (χ3v) is 4.74. The number of nitrogens with zero attached hydrogens (tertiary/aromatic N) is 2. The standard InChI is InChI=1S/C24H29N3O2/c1-18(2)14-15-29-19(3)24(28)25-16-21-17-27(22-12-8-5-9-13-22)26-23(21)20-10-6-4-7-11-20/h4-13,17-19H,14-16H2,1-3H3,(H,25,28). The van der Waals surface area contributed by atoms with E-state index in [1.165, 1.54) is 0 Å². The fraction of sp³-hybridized carbons (Fsp3) is 0.333.